The minimum absolute atomic E-state index is 0.0369. The maximum absolute atomic E-state index is 12.2. The molecule has 6 N–H and O–H groups in total. The number of carbonyl (C=O) groups excluding carboxylic acids is 2. The van der Waals surface area contributed by atoms with E-state index >= 15 is 0 Å². The lowest BCUT2D eigenvalue weighted by Crippen LogP contribution is -2.43. The van der Waals surface area contributed by atoms with Gasteiger partial charge >= 0.3 is 23.9 Å². The monoisotopic (exact) mass is 522 g/mol. The minimum Gasteiger partial charge on any atom is -0.480 e. The topological polar surface area (TPSA) is 213 Å². The zero-order valence-electron chi connectivity index (χ0n) is 19.6. The van der Waals surface area contributed by atoms with Crippen molar-refractivity contribution in [3.63, 3.8) is 0 Å². The molecule has 1 unspecified atom stereocenters. The molecule has 3 amide bonds. The number of halogens is 1. The summed E-state index contributed by atoms with van der Waals surface area (Å²) in [5, 5.41) is 42.4. The lowest BCUT2D eigenvalue weighted by atomic mass is 10.1. The van der Waals surface area contributed by atoms with Gasteiger partial charge < -0.3 is 31.3 Å². The van der Waals surface area contributed by atoms with Crippen LogP contribution in [-0.2, 0) is 22.6 Å². The van der Waals surface area contributed by atoms with Gasteiger partial charge in [0.15, 0.2) is 0 Å². The molecule has 1 aromatic heterocycles. The Hall–Kier alpha value is -4.56. The largest absolute Gasteiger partial charge is 0.480 e. The molecule has 0 saturated heterocycles. The molecule has 0 radical (unpaired) electrons. The smallest absolute Gasteiger partial charge is 0.335 e. The molecule has 0 aliphatic rings. The lowest BCUT2D eigenvalue weighted by molar-refractivity contribution is -0.139. The quantitative estimate of drug-likeness (QED) is 0.183. The number of carboxylic acid groups (broad SMARTS) is 3. The minimum atomic E-state index is -1.40. The van der Waals surface area contributed by atoms with Crippen LogP contribution in [0.2, 0.25) is 0 Å². The molecule has 14 nitrogen and oxygen atoms in total. The summed E-state index contributed by atoms with van der Waals surface area (Å²) < 4.78 is 13.5. The highest BCUT2D eigenvalue weighted by Crippen LogP contribution is 2.16. The Morgan fingerprint density at radius 3 is 2.24 bits per heavy atom. The average Bonchev–Trinajstić information content (AvgIpc) is 3.28. The number of nitrogens with zero attached hydrogens (tertiary/aromatic N) is 3. The Kier molecular flexibility index (Phi) is 10.9. The van der Waals surface area contributed by atoms with Crippen molar-refractivity contribution in [2.24, 2.45) is 0 Å². The number of anilines is 1. The van der Waals surface area contributed by atoms with Crippen LogP contribution in [0.4, 0.5) is 14.9 Å². The fraction of sp³-hybridized carbons (Fsp3) is 0.409. The molecule has 2 aromatic rings. The van der Waals surface area contributed by atoms with Crippen LogP contribution >= 0.6 is 0 Å². The van der Waals surface area contributed by atoms with E-state index < -0.39 is 36.7 Å². The van der Waals surface area contributed by atoms with E-state index in [1.165, 1.54) is 4.68 Å². The highest BCUT2D eigenvalue weighted by Gasteiger charge is 2.20. The summed E-state index contributed by atoms with van der Waals surface area (Å²) in [6, 6.07) is 0.757. The second-order valence-corrected chi connectivity index (χ2v) is 7.94. The molecule has 1 atom stereocenters. The summed E-state index contributed by atoms with van der Waals surface area (Å²) in [4.78, 5) is 58.1. The standard InChI is InChI=1S/C22H27FN6O8/c23-6-3-4-15-11-29(28-27-15)12-18(30)24-7-2-1-5-17(21(35)36)26-22(37)25-16-9-13(19(31)32)8-14(10-16)20(33)34/h8-11,17H,1-7,12H2,(H,24,30)(H,31,32)(H,33,34)(H,35,36)(H2,25,26,37). The number of aromatic nitrogens is 3. The Labute approximate surface area is 209 Å². The molecule has 0 spiro atoms. The third-order valence-corrected chi connectivity index (χ3v) is 4.99. The van der Waals surface area contributed by atoms with Gasteiger partial charge in [-0.2, -0.15) is 0 Å². The van der Waals surface area contributed by atoms with Crippen LogP contribution < -0.4 is 16.0 Å². The zero-order valence-corrected chi connectivity index (χ0v) is 19.6. The fourth-order valence-electron chi connectivity index (χ4n) is 3.21. The zero-order chi connectivity index (χ0) is 27.4. The van der Waals surface area contributed by atoms with E-state index in [0.29, 0.717) is 31.4 Å². The molecular weight excluding hydrogens is 495 g/mol. The van der Waals surface area contributed by atoms with E-state index in [-0.39, 0.29) is 42.2 Å². The number of aromatic carboxylic acids is 2. The number of amides is 3. The normalized spacial score (nSPS) is 11.4. The van der Waals surface area contributed by atoms with Gasteiger partial charge in [-0.25, -0.2) is 23.9 Å². The predicted molar refractivity (Wildman–Crippen MR) is 125 cm³/mol. The Balaban J connectivity index is 1.78. The van der Waals surface area contributed by atoms with Crippen molar-refractivity contribution in [2.45, 2.75) is 44.7 Å². The number of alkyl halides is 1. The molecule has 2 rings (SSSR count). The van der Waals surface area contributed by atoms with E-state index in [2.05, 4.69) is 26.3 Å². The van der Waals surface area contributed by atoms with Gasteiger partial charge in [0.05, 0.1) is 23.5 Å². The van der Waals surface area contributed by atoms with Crippen LogP contribution in [0.5, 0.6) is 0 Å². The van der Waals surface area contributed by atoms with Crippen molar-refractivity contribution < 1.29 is 43.7 Å². The average molecular weight is 522 g/mol. The predicted octanol–water partition coefficient (Wildman–Crippen LogP) is 1.14. The van der Waals surface area contributed by atoms with Gasteiger partial charge in [-0.1, -0.05) is 5.21 Å². The van der Waals surface area contributed by atoms with Crippen molar-refractivity contribution in [2.75, 3.05) is 18.5 Å². The molecular formula is C22H27FN6O8. The van der Waals surface area contributed by atoms with Crippen LogP contribution in [0, 0.1) is 0 Å². The first kappa shape index (κ1) is 28.7. The van der Waals surface area contributed by atoms with Crippen LogP contribution in [0.1, 0.15) is 52.1 Å². The summed E-state index contributed by atoms with van der Waals surface area (Å²) in [5.41, 5.74) is -0.289. The molecule has 0 aliphatic heterocycles. The molecule has 200 valence electrons. The van der Waals surface area contributed by atoms with E-state index in [1.54, 1.807) is 6.20 Å². The van der Waals surface area contributed by atoms with E-state index in [1.807, 2.05) is 0 Å². The van der Waals surface area contributed by atoms with Crippen LogP contribution in [-0.4, -0.2) is 79.4 Å². The lowest BCUT2D eigenvalue weighted by Gasteiger charge is -2.16. The molecule has 1 aromatic carbocycles. The van der Waals surface area contributed by atoms with E-state index in [9.17, 15) is 33.5 Å². The Morgan fingerprint density at radius 2 is 1.65 bits per heavy atom. The third-order valence-electron chi connectivity index (χ3n) is 4.99. The molecule has 1 heterocycles. The van der Waals surface area contributed by atoms with Crippen molar-refractivity contribution in [3.8, 4) is 0 Å². The molecule has 0 bridgehead atoms. The molecule has 0 fully saturated rings. The molecule has 15 heteroatoms. The fourth-order valence-corrected chi connectivity index (χ4v) is 3.21. The van der Waals surface area contributed by atoms with Gasteiger partial charge in [0.2, 0.25) is 5.91 Å². The highest BCUT2D eigenvalue weighted by atomic mass is 19.1. The van der Waals surface area contributed by atoms with Gasteiger partial charge in [-0.15, -0.1) is 5.10 Å². The van der Waals surface area contributed by atoms with Crippen LogP contribution in [0.15, 0.2) is 24.4 Å². The number of hydrogen-bond acceptors (Lipinski definition) is 7. The number of hydrogen-bond donors (Lipinski definition) is 6. The van der Waals surface area contributed by atoms with Gasteiger partial charge in [0.1, 0.15) is 12.6 Å². The molecule has 37 heavy (non-hydrogen) atoms. The number of unbranched alkanes of at least 4 members (excludes halogenated alkanes) is 1. The highest BCUT2D eigenvalue weighted by molar-refractivity contribution is 5.98. The summed E-state index contributed by atoms with van der Waals surface area (Å²) in [6.07, 6.45) is 3.10. The second-order valence-electron chi connectivity index (χ2n) is 7.94. The number of urea groups is 1. The number of rotatable bonds is 15. The Bertz CT molecular complexity index is 1110. The van der Waals surface area contributed by atoms with Crippen molar-refractivity contribution in [1.82, 2.24) is 25.6 Å². The number of benzene rings is 1. The first-order valence-electron chi connectivity index (χ1n) is 11.2. The van der Waals surface area contributed by atoms with Crippen LogP contribution in [0.25, 0.3) is 0 Å². The first-order valence-corrected chi connectivity index (χ1v) is 11.2. The van der Waals surface area contributed by atoms with Crippen molar-refractivity contribution >= 4 is 35.5 Å². The third kappa shape index (κ3) is 9.91. The maximum atomic E-state index is 12.2. The number of aliphatic carboxylic acids is 1. The summed E-state index contributed by atoms with van der Waals surface area (Å²) in [7, 11) is 0. The number of aryl methyl sites for hydroxylation is 1. The van der Waals surface area contributed by atoms with E-state index in [0.717, 1.165) is 18.2 Å². The summed E-state index contributed by atoms with van der Waals surface area (Å²) in [5.74, 6) is -4.44. The SMILES string of the molecule is O=C(Cn1cc(CCCF)nn1)NCCCCC(NC(=O)Nc1cc(C(=O)O)cc(C(=O)O)c1)C(=O)O. The Morgan fingerprint density at radius 1 is 0.973 bits per heavy atom. The number of nitrogens with one attached hydrogen (secondary N) is 3. The summed E-state index contributed by atoms with van der Waals surface area (Å²) in [6.45, 7) is -0.292. The van der Waals surface area contributed by atoms with E-state index in [4.69, 9.17) is 10.2 Å². The number of carboxylic acids is 3. The van der Waals surface area contributed by atoms with Crippen LogP contribution in [0.3, 0.4) is 0 Å². The van der Waals surface area contributed by atoms with Gasteiger partial charge in [0, 0.05) is 18.4 Å². The number of carbonyl (C=O) groups is 5. The first-order chi connectivity index (χ1) is 17.6. The van der Waals surface area contributed by atoms with Crippen molar-refractivity contribution in [3.05, 3.63) is 41.2 Å². The summed E-state index contributed by atoms with van der Waals surface area (Å²) >= 11 is 0. The molecule has 0 aliphatic carbocycles. The maximum Gasteiger partial charge on any atom is 0.335 e. The second kappa shape index (κ2) is 14.1. The van der Waals surface area contributed by atoms with Gasteiger partial charge in [-0.05, 0) is 50.3 Å². The van der Waals surface area contributed by atoms with Gasteiger partial charge in [-0.3, -0.25) is 9.18 Å². The van der Waals surface area contributed by atoms with Crippen molar-refractivity contribution in [1.29, 1.82) is 0 Å². The van der Waals surface area contributed by atoms with Gasteiger partial charge in [0.25, 0.3) is 0 Å². The molecule has 0 saturated carbocycles.